The summed E-state index contributed by atoms with van der Waals surface area (Å²) in [6, 6.07) is 0. The van der Waals surface area contributed by atoms with E-state index >= 15 is 0 Å². The number of pyridine rings is 1. The molecule has 5 heteroatoms. The normalized spacial score (nSPS) is 19.0. The van der Waals surface area contributed by atoms with Gasteiger partial charge in [-0.2, -0.15) is 0 Å². The van der Waals surface area contributed by atoms with E-state index in [9.17, 15) is 4.79 Å². The van der Waals surface area contributed by atoms with E-state index in [1.807, 2.05) is 13.1 Å². The predicted octanol–water partition coefficient (Wildman–Crippen LogP) is 2.06. The number of rotatable bonds is 5. The van der Waals surface area contributed by atoms with Gasteiger partial charge in [0, 0.05) is 43.9 Å². The van der Waals surface area contributed by atoms with Crippen LogP contribution < -0.4 is 10.1 Å². The van der Waals surface area contributed by atoms with Gasteiger partial charge in [0.05, 0.1) is 12.8 Å². The Morgan fingerprint density at radius 2 is 2.27 bits per heavy atom. The smallest absolute Gasteiger partial charge is 0.216 e. The minimum atomic E-state index is 0.0536. The number of nitrogens with zero attached hydrogens (tertiary/aromatic N) is 2. The highest BCUT2D eigenvalue weighted by atomic mass is 16.5. The molecular formula is C17H27N3O2. The number of hydrogen-bond acceptors (Lipinski definition) is 4. The second kappa shape index (κ2) is 7.58. The summed E-state index contributed by atoms with van der Waals surface area (Å²) in [5.41, 5.74) is 3.29. The van der Waals surface area contributed by atoms with Gasteiger partial charge in [0.2, 0.25) is 5.91 Å². The van der Waals surface area contributed by atoms with Crippen LogP contribution in [0.5, 0.6) is 5.75 Å². The van der Waals surface area contributed by atoms with Crippen molar-refractivity contribution < 1.29 is 9.53 Å². The van der Waals surface area contributed by atoms with E-state index < -0.39 is 0 Å². The number of aromatic nitrogens is 1. The molecule has 5 nitrogen and oxygen atoms in total. The van der Waals surface area contributed by atoms with Crippen LogP contribution in [0, 0.1) is 19.8 Å². The highest BCUT2D eigenvalue weighted by Gasteiger charge is 2.21. The summed E-state index contributed by atoms with van der Waals surface area (Å²) < 4.78 is 5.49. The number of piperidine rings is 1. The number of likely N-dealkylation sites (tertiary alicyclic amines) is 1. The van der Waals surface area contributed by atoms with Crippen molar-refractivity contribution >= 4 is 5.91 Å². The molecule has 1 amide bonds. The Balaban J connectivity index is 2.00. The lowest BCUT2D eigenvalue weighted by Crippen LogP contribution is -2.40. The monoisotopic (exact) mass is 305 g/mol. The minimum absolute atomic E-state index is 0.0536. The van der Waals surface area contributed by atoms with Crippen LogP contribution in [0.25, 0.3) is 0 Å². The van der Waals surface area contributed by atoms with Gasteiger partial charge >= 0.3 is 0 Å². The fourth-order valence-electron chi connectivity index (χ4n) is 3.19. The molecule has 1 aromatic heterocycles. The number of methoxy groups -OCH3 is 1. The Morgan fingerprint density at radius 1 is 1.50 bits per heavy atom. The van der Waals surface area contributed by atoms with Gasteiger partial charge in [-0.1, -0.05) is 0 Å². The summed E-state index contributed by atoms with van der Waals surface area (Å²) in [7, 11) is 1.71. The summed E-state index contributed by atoms with van der Waals surface area (Å²) in [5, 5.41) is 2.94. The van der Waals surface area contributed by atoms with Crippen LogP contribution in [0.4, 0.5) is 0 Å². The van der Waals surface area contributed by atoms with Crippen LogP contribution in [0.15, 0.2) is 6.20 Å². The molecule has 2 rings (SSSR count). The zero-order valence-corrected chi connectivity index (χ0v) is 14.1. The molecule has 1 atom stereocenters. The fourth-order valence-corrected chi connectivity index (χ4v) is 3.19. The first-order chi connectivity index (χ1) is 10.5. The van der Waals surface area contributed by atoms with Gasteiger partial charge in [0.1, 0.15) is 5.75 Å². The van der Waals surface area contributed by atoms with Crippen LogP contribution >= 0.6 is 0 Å². The highest BCUT2D eigenvalue weighted by molar-refractivity contribution is 5.72. The number of nitrogens with one attached hydrogen (secondary N) is 1. The van der Waals surface area contributed by atoms with E-state index in [4.69, 9.17) is 4.74 Å². The molecule has 1 saturated heterocycles. The van der Waals surface area contributed by atoms with Crippen molar-refractivity contribution in [2.45, 2.75) is 40.2 Å². The first kappa shape index (κ1) is 16.7. The highest BCUT2D eigenvalue weighted by Crippen LogP contribution is 2.26. The summed E-state index contributed by atoms with van der Waals surface area (Å²) in [6.45, 7) is 9.40. The van der Waals surface area contributed by atoms with Crippen LogP contribution in [0.3, 0.4) is 0 Å². The first-order valence-corrected chi connectivity index (χ1v) is 7.97. The van der Waals surface area contributed by atoms with E-state index in [1.54, 1.807) is 14.0 Å². The molecule has 0 bridgehead atoms. The standard InChI is InChI=1S/C17H27N3O2/c1-12-8-19-16(13(2)17(12)22-4)11-20-7-5-6-15(10-20)9-18-14(3)21/h8,15H,5-7,9-11H2,1-4H3,(H,18,21). The van der Waals surface area contributed by atoms with Crippen molar-refractivity contribution in [2.24, 2.45) is 5.92 Å². The molecule has 0 radical (unpaired) electrons. The summed E-state index contributed by atoms with van der Waals surface area (Å²) in [5.74, 6) is 1.53. The Morgan fingerprint density at radius 3 is 2.95 bits per heavy atom. The van der Waals surface area contributed by atoms with Crippen molar-refractivity contribution in [3.63, 3.8) is 0 Å². The number of aryl methyl sites for hydroxylation is 1. The molecule has 0 aliphatic carbocycles. The van der Waals surface area contributed by atoms with Crippen LogP contribution in [-0.2, 0) is 11.3 Å². The largest absolute Gasteiger partial charge is 0.496 e. The maximum Gasteiger partial charge on any atom is 0.216 e. The third-order valence-electron chi connectivity index (χ3n) is 4.37. The Kier molecular flexibility index (Phi) is 5.77. The van der Waals surface area contributed by atoms with Gasteiger partial charge in [-0.25, -0.2) is 0 Å². The zero-order valence-electron chi connectivity index (χ0n) is 14.1. The quantitative estimate of drug-likeness (QED) is 0.904. The molecule has 1 aliphatic rings. The number of hydrogen-bond donors (Lipinski definition) is 1. The van der Waals surface area contributed by atoms with Crippen molar-refractivity contribution in [2.75, 3.05) is 26.7 Å². The summed E-state index contributed by atoms with van der Waals surface area (Å²) >= 11 is 0. The van der Waals surface area contributed by atoms with Gasteiger partial charge < -0.3 is 10.1 Å². The fraction of sp³-hybridized carbons (Fsp3) is 0.647. The molecule has 2 heterocycles. The molecule has 122 valence electrons. The van der Waals surface area contributed by atoms with Crippen molar-refractivity contribution in [1.29, 1.82) is 0 Å². The molecule has 1 N–H and O–H groups in total. The van der Waals surface area contributed by atoms with Gasteiger partial charge in [0.15, 0.2) is 0 Å². The number of carbonyl (C=O) groups excluding carboxylic acids is 1. The van der Waals surface area contributed by atoms with E-state index in [2.05, 4.69) is 22.1 Å². The van der Waals surface area contributed by atoms with Crippen LogP contribution in [0.2, 0.25) is 0 Å². The zero-order chi connectivity index (χ0) is 16.1. The van der Waals surface area contributed by atoms with Crippen molar-refractivity contribution in [3.05, 3.63) is 23.0 Å². The lowest BCUT2D eigenvalue weighted by molar-refractivity contribution is -0.119. The average molecular weight is 305 g/mol. The topological polar surface area (TPSA) is 54.5 Å². The maximum atomic E-state index is 11.1. The minimum Gasteiger partial charge on any atom is -0.496 e. The number of carbonyl (C=O) groups is 1. The van der Waals surface area contributed by atoms with Crippen LogP contribution in [0.1, 0.15) is 36.6 Å². The third kappa shape index (κ3) is 4.19. The van der Waals surface area contributed by atoms with E-state index in [1.165, 1.54) is 12.8 Å². The van der Waals surface area contributed by atoms with E-state index in [0.717, 1.165) is 48.7 Å². The van der Waals surface area contributed by atoms with Gasteiger partial charge in [-0.15, -0.1) is 0 Å². The maximum absolute atomic E-state index is 11.1. The lowest BCUT2D eigenvalue weighted by Gasteiger charge is -2.33. The van der Waals surface area contributed by atoms with E-state index in [-0.39, 0.29) is 5.91 Å². The second-order valence-electron chi connectivity index (χ2n) is 6.23. The Labute approximate surface area is 133 Å². The van der Waals surface area contributed by atoms with Crippen LogP contribution in [-0.4, -0.2) is 42.5 Å². The lowest BCUT2D eigenvalue weighted by atomic mass is 9.97. The molecule has 0 saturated carbocycles. The average Bonchev–Trinajstić information content (AvgIpc) is 2.49. The molecule has 0 spiro atoms. The van der Waals surface area contributed by atoms with Crippen molar-refractivity contribution in [1.82, 2.24) is 15.2 Å². The molecule has 0 aromatic carbocycles. The summed E-state index contributed by atoms with van der Waals surface area (Å²) in [6.07, 6.45) is 4.24. The first-order valence-electron chi connectivity index (χ1n) is 7.97. The number of amides is 1. The van der Waals surface area contributed by atoms with Gasteiger partial charge in [-0.3, -0.25) is 14.7 Å². The van der Waals surface area contributed by atoms with Gasteiger partial charge in [0.25, 0.3) is 0 Å². The Bertz CT molecular complexity index is 531. The SMILES string of the molecule is COc1c(C)cnc(CN2CCCC(CNC(C)=O)C2)c1C. The molecule has 1 unspecified atom stereocenters. The molecule has 1 aliphatic heterocycles. The van der Waals surface area contributed by atoms with E-state index in [0.29, 0.717) is 5.92 Å². The predicted molar refractivity (Wildman–Crippen MR) is 86.9 cm³/mol. The summed E-state index contributed by atoms with van der Waals surface area (Å²) in [4.78, 5) is 18.1. The van der Waals surface area contributed by atoms with Crippen molar-refractivity contribution in [3.8, 4) is 5.75 Å². The third-order valence-corrected chi connectivity index (χ3v) is 4.37. The molecular weight excluding hydrogens is 278 g/mol. The molecule has 1 aromatic rings. The molecule has 22 heavy (non-hydrogen) atoms. The molecule has 1 fully saturated rings. The van der Waals surface area contributed by atoms with Gasteiger partial charge in [-0.05, 0) is 39.2 Å². The second-order valence-corrected chi connectivity index (χ2v) is 6.23. The number of ether oxygens (including phenoxy) is 1. The Hall–Kier alpha value is -1.62.